The van der Waals surface area contributed by atoms with E-state index >= 15 is 0 Å². The van der Waals surface area contributed by atoms with Gasteiger partial charge >= 0.3 is 5.97 Å². The molecule has 108 valence electrons. The lowest BCUT2D eigenvalue weighted by Crippen LogP contribution is -2.34. The van der Waals surface area contributed by atoms with Gasteiger partial charge in [0.05, 0.1) is 5.39 Å². The molecule has 0 saturated heterocycles. The molecule has 2 N–H and O–H groups in total. The fourth-order valence-corrected chi connectivity index (χ4v) is 2.91. The minimum absolute atomic E-state index is 0.0256. The summed E-state index contributed by atoms with van der Waals surface area (Å²) in [5, 5.41) is 13.3. The molecule has 2 rings (SSSR count). The molecule has 0 spiro atoms. The van der Waals surface area contributed by atoms with Crippen molar-refractivity contribution in [2.75, 3.05) is 5.32 Å². The third-order valence-electron chi connectivity index (χ3n) is 3.10. The summed E-state index contributed by atoms with van der Waals surface area (Å²) in [5.41, 5.74) is 0. The van der Waals surface area contributed by atoms with Gasteiger partial charge in [0.2, 0.25) is 0 Å². The van der Waals surface area contributed by atoms with Crippen LogP contribution in [0.25, 0.3) is 10.2 Å². The zero-order valence-corrected chi connectivity index (χ0v) is 12.9. The van der Waals surface area contributed by atoms with Gasteiger partial charge in [-0.2, -0.15) is 0 Å². The number of aliphatic carboxylic acids is 1. The summed E-state index contributed by atoms with van der Waals surface area (Å²) >= 11 is 1.60. The number of anilines is 1. The molecule has 2 aromatic heterocycles. The second-order valence-corrected chi connectivity index (χ2v) is 6.36. The highest BCUT2D eigenvalue weighted by molar-refractivity contribution is 7.18. The molecule has 2 aromatic rings. The van der Waals surface area contributed by atoms with Gasteiger partial charge in [-0.3, -0.25) is 0 Å². The van der Waals surface area contributed by atoms with E-state index in [2.05, 4.69) is 15.3 Å². The lowest BCUT2D eigenvalue weighted by Gasteiger charge is -2.19. The molecule has 0 saturated carbocycles. The second kappa shape index (κ2) is 5.75. The van der Waals surface area contributed by atoms with Gasteiger partial charge in [0.15, 0.2) is 0 Å². The van der Waals surface area contributed by atoms with Gasteiger partial charge in [0, 0.05) is 11.3 Å². The highest BCUT2D eigenvalue weighted by atomic mass is 32.1. The molecular weight excluding hydrogens is 274 g/mol. The predicted octanol–water partition coefficient (Wildman–Crippen LogP) is 3.08. The van der Waals surface area contributed by atoms with Gasteiger partial charge in [-0.1, -0.05) is 20.8 Å². The quantitative estimate of drug-likeness (QED) is 0.886. The third-order valence-corrected chi connectivity index (χ3v) is 4.05. The molecule has 0 aliphatic heterocycles. The number of carboxylic acid groups (broad SMARTS) is 1. The van der Waals surface area contributed by atoms with Gasteiger partial charge in [-0.15, -0.1) is 11.3 Å². The minimum Gasteiger partial charge on any atom is -0.480 e. The van der Waals surface area contributed by atoms with Crippen molar-refractivity contribution in [1.82, 2.24) is 9.97 Å². The standard InChI is InChI=1S/C14H19N3O2S/c1-5-10-15-12(17-11(7(2)3)14(18)19)9-6-8(4)20-13(9)16-10/h6-7,11H,5H2,1-4H3,(H,18,19)(H,15,16,17). The Morgan fingerprint density at radius 3 is 2.70 bits per heavy atom. The van der Waals surface area contributed by atoms with Crippen molar-refractivity contribution in [2.45, 2.75) is 40.2 Å². The molecule has 0 radical (unpaired) electrons. The first-order valence-electron chi connectivity index (χ1n) is 6.68. The van der Waals surface area contributed by atoms with Crippen LogP contribution in [0.4, 0.5) is 5.82 Å². The number of aryl methyl sites for hydroxylation is 2. The molecule has 0 aromatic carbocycles. The third kappa shape index (κ3) is 2.90. The summed E-state index contributed by atoms with van der Waals surface area (Å²) in [7, 11) is 0. The minimum atomic E-state index is -0.864. The predicted molar refractivity (Wildman–Crippen MR) is 81.4 cm³/mol. The Kier molecular flexibility index (Phi) is 4.23. The average molecular weight is 293 g/mol. The van der Waals surface area contributed by atoms with Gasteiger partial charge in [0.25, 0.3) is 0 Å². The SMILES string of the molecule is CCc1nc(NC(C(=O)O)C(C)C)c2cc(C)sc2n1. The van der Waals surface area contributed by atoms with Crippen LogP contribution in [0.5, 0.6) is 0 Å². The zero-order valence-electron chi connectivity index (χ0n) is 12.1. The molecule has 20 heavy (non-hydrogen) atoms. The smallest absolute Gasteiger partial charge is 0.326 e. The zero-order chi connectivity index (χ0) is 14.9. The number of carbonyl (C=O) groups is 1. The maximum absolute atomic E-state index is 11.3. The first-order chi connectivity index (χ1) is 9.42. The summed E-state index contributed by atoms with van der Waals surface area (Å²) in [5.74, 6) is 0.464. The second-order valence-electron chi connectivity index (χ2n) is 5.12. The topological polar surface area (TPSA) is 75.1 Å². The summed E-state index contributed by atoms with van der Waals surface area (Å²) in [4.78, 5) is 22.3. The number of fused-ring (bicyclic) bond motifs is 1. The van der Waals surface area contributed by atoms with Crippen molar-refractivity contribution in [3.05, 3.63) is 16.8 Å². The molecule has 6 heteroatoms. The number of rotatable bonds is 5. The number of nitrogens with zero attached hydrogens (tertiary/aromatic N) is 2. The summed E-state index contributed by atoms with van der Waals surface area (Å²) in [6.45, 7) is 7.76. The van der Waals surface area contributed by atoms with Crippen LogP contribution < -0.4 is 5.32 Å². The Morgan fingerprint density at radius 2 is 2.15 bits per heavy atom. The van der Waals surface area contributed by atoms with Crippen LogP contribution in [0, 0.1) is 12.8 Å². The van der Waals surface area contributed by atoms with E-state index in [-0.39, 0.29) is 5.92 Å². The highest BCUT2D eigenvalue weighted by Crippen LogP contribution is 2.29. The number of nitrogens with one attached hydrogen (secondary N) is 1. The van der Waals surface area contributed by atoms with Crippen LogP contribution in [0.2, 0.25) is 0 Å². The average Bonchev–Trinajstić information content (AvgIpc) is 2.74. The molecule has 0 fully saturated rings. The van der Waals surface area contributed by atoms with E-state index in [0.29, 0.717) is 5.82 Å². The fourth-order valence-electron chi connectivity index (χ4n) is 2.02. The molecule has 5 nitrogen and oxygen atoms in total. The maximum atomic E-state index is 11.3. The molecular formula is C14H19N3O2S. The largest absolute Gasteiger partial charge is 0.480 e. The Hall–Kier alpha value is -1.69. The van der Waals surface area contributed by atoms with E-state index in [1.54, 1.807) is 11.3 Å². The van der Waals surface area contributed by atoms with Crippen molar-refractivity contribution < 1.29 is 9.90 Å². The Balaban J connectivity index is 2.48. The van der Waals surface area contributed by atoms with Crippen molar-refractivity contribution in [2.24, 2.45) is 5.92 Å². The molecule has 2 heterocycles. The van der Waals surface area contributed by atoms with Crippen LogP contribution in [-0.2, 0) is 11.2 Å². The molecule has 1 atom stereocenters. The number of hydrogen-bond acceptors (Lipinski definition) is 5. The van der Waals surface area contributed by atoms with Crippen molar-refractivity contribution in [3.8, 4) is 0 Å². The van der Waals surface area contributed by atoms with E-state index in [4.69, 9.17) is 0 Å². The summed E-state index contributed by atoms with van der Waals surface area (Å²) in [6.07, 6.45) is 0.723. The molecule has 0 amide bonds. The Bertz CT molecular complexity index is 637. The summed E-state index contributed by atoms with van der Waals surface area (Å²) in [6, 6.07) is 1.35. The monoisotopic (exact) mass is 293 g/mol. The summed E-state index contributed by atoms with van der Waals surface area (Å²) < 4.78 is 0. The molecule has 0 bridgehead atoms. The highest BCUT2D eigenvalue weighted by Gasteiger charge is 2.23. The number of thiophene rings is 1. The number of aromatic nitrogens is 2. The lowest BCUT2D eigenvalue weighted by atomic mass is 10.0. The van der Waals surface area contributed by atoms with Crippen LogP contribution in [0.15, 0.2) is 6.07 Å². The van der Waals surface area contributed by atoms with E-state index in [9.17, 15) is 9.90 Å². The first kappa shape index (κ1) is 14.7. The van der Waals surface area contributed by atoms with E-state index in [1.165, 1.54) is 0 Å². The van der Waals surface area contributed by atoms with Crippen LogP contribution >= 0.6 is 11.3 Å². The van der Waals surface area contributed by atoms with Gasteiger partial charge in [-0.25, -0.2) is 14.8 Å². The molecule has 1 unspecified atom stereocenters. The van der Waals surface area contributed by atoms with Gasteiger partial charge in [0.1, 0.15) is 22.5 Å². The first-order valence-corrected chi connectivity index (χ1v) is 7.50. The molecule has 0 aliphatic carbocycles. The normalized spacial score (nSPS) is 12.8. The number of carboxylic acids is 1. The Morgan fingerprint density at radius 1 is 1.45 bits per heavy atom. The maximum Gasteiger partial charge on any atom is 0.326 e. The van der Waals surface area contributed by atoms with E-state index in [1.807, 2.05) is 33.8 Å². The van der Waals surface area contributed by atoms with Gasteiger partial charge < -0.3 is 10.4 Å². The van der Waals surface area contributed by atoms with Crippen molar-refractivity contribution in [3.63, 3.8) is 0 Å². The van der Waals surface area contributed by atoms with E-state index < -0.39 is 12.0 Å². The van der Waals surface area contributed by atoms with Crippen LogP contribution in [0.1, 0.15) is 31.5 Å². The number of hydrogen-bond donors (Lipinski definition) is 2. The molecule has 0 aliphatic rings. The van der Waals surface area contributed by atoms with Crippen LogP contribution in [0.3, 0.4) is 0 Å². The fraction of sp³-hybridized carbons (Fsp3) is 0.500. The van der Waals surface area contributed by atoms with Crippen molar-refractivity contribution in [1.29, 1.82) is 0 Å². The van der Waals surface area contributed by atoms with Crippen LogP contribution in [-0.4, -0.2) is 27.1 Å². The lowest BCUT2D eigenvalue weighted by molar-refractivity contribution is -0.138. The van der Waals surface area contributed by atoms with E-state index in [0.717, 1.165) is 27.3 Å². The van der Waals surface area contributed by atoms with Crippen molar-refractivity contribution >= 4 is 33.3 Å². The Labute approximate surface area is 122 Å². The van der Waals surface area contributed by atoms with Gasteiger partial charge in [-0.05, 0) is 18.9 Å².